The second-order valence-corrected chi connectivity index (χ2v) is 8.25. The summed E-state index contributed by atoms with van der Waals surface area (Å²) < 4.78 is 1.47. The van der Waals surface area contributed by atoms with Crippen LogP contribution >= 0.6 is 23.1 Å². The van der Waals surface area contributed by atoms with Gasteiger partial charge < -0.3 is 5.73 Å². The fourth-order valence-electron chi connectivity index (χ4n) is 2.56. The summed E-state index contributed by atoms with van der Waals surface area (Å²) in [5.74, 6) is -0.548. The zero-order chi connectivity index (χ0) is 20.3. The number of nitrogens with two attached hydrogens (primary N) is 1. The molecule has 7 nitrogen and oxygen atoms in total. The van der Waals surface area contributed by atoms with E-state index in [1.165, 1.54) is 15.9 Å². The van der Waals surface area contributed by atoms with Crippen LogP contribution in [0, 0.1) is 0 Å². The van der Waals surface area contributed by atoms with E-state index in [2.05, 4.69) is 11.6 Å². The summed E-state index contributed by atoms with van der Waals surface area (Å²) >= 11 is 2.50. The van der Waals surface area contributed by atoms with Gasteiger partial charge in [0.1, 0.15) is 4.83 Å². The van der Waals surface area contributed by atoms with Gasteiger partial charge >= 0.3 is 6.03 Å². The molecule has 0 saturated carbocycles. The van der Waals surface area contributed by atoms with Crippen molar-refractivity contribution in [3.63, 3.8) is 0 Å². The number of benzene rings is 1. The van der Waals surface area contributed by atoms with Crippen LogP contribution in [0.25, 0.3) is 20.7 Å². The monoisotopic (exact) mass is 414 g/mol. The van der Waals surface area contributed by atoms with Gasteiger partial charge in [-0.15, -0.1) is 17.9 Å². The molecule has 0 aliphatic rings. The van der Waals surface area contributed by atoms with Crippen molar-refractivity contribution >= 4 is 45.3 Å². The molecule has 0 bridgehead atoms. The van der Waals surface area contributed by atoms with Crippen LogP contribution < -0.4 is 16.6 Å². The van der Waals surface area contributed by atoms with Gasteiger partial charge in [-0.1, -0.05) is 48.2 Å². The van der Waals surface area contributed by atoms with Gasteiger partial charge in [-0.05, 0) is 18.6 Å². The molecule has 28 heavy (non-hydrogen) atoms. The minimum absolute atomic E-state index is 0.201. The van der Waals surface area contributed by atoms with Crippen LogP contribution in [0.5, 0.6) is 0 Å². The van der Waals surface area contributed by atoms with Gasteiger partial charge in [0.2, 0.25) is 5.91 Å². The van der Waals surface area contributed by atoms with Crippen molar-refractivity contribution in [2.75, 3.05) is 0 Å². The lowest BCUT2D eigenvalue weighted by molar-refractivity contribution is -0.119. The lowest BCUT2D eigenvalue weighted by atomic mass is 10.2. The summed E-state index contributed by atoms with van der Waals surface area (Å²) in [6.07, 6.45) is 1.59. The fraction of sp³-hybridized carbons (Fsp3) is 0.158. The van der Waals surface area contributed by atoms with Gasteiger partial charge in [-0.2, -0.15) is 0 Å². The van der Waals surface area contributed by atoms with Gasteiger partial charge in [0.05, 0.1) is 10.6 Å². The van der Waals surface area contributed by atoms with E-state index in [9.17, 15) is 14.4 Å². The number of nitrogens with one attached hydrogen (secondary N) is 1. The van der Waals surface area contributed by atoms with Crippen molar-refractivity contribution < 1.29 is 9.59 Å². The third kappa shape index (κ3) is 4.15. The van der Waals surface area contributed by atoms with Gasteiger partial charge in [-0.3, -0.25) is 19.5 Å². The Kier molecular flexibility index (Phi) is 5.96. The Bertz CT molecular complexity index is 1110. The molecule has 0 aliphatic carbocycles. The molecule has 9 heteroatoms. The van der Waals surface area contributed by atoms with Crippen molar-refractivity contribution in [2.24, 2.45) is 5.73 Å². The number of fused-ring (bicyclic) bond motifs is 1. The first-order chi connectivity index (χ1) is 13.4. The molecule has 0 saturated heterocycles. The molecule has 0 unspecified atom stereocenters. The normalized spacial score (nSPS) is 11.9. The number of hydrogen-bond donors (Lipinski definition) is 2. The summed E-state index contributed by atoms with van der Waals surface area (Å²) in [5.41, 5.74) is 5.80. The first kappa shape index (κ1) is 19.8. The fourth-order valence-corrected chi connectivity index (χ4v) is 4.55. The number of allylic oxidation sites excluding steroid dienone is 1. The SMILES string of the molecule is C=CCn1c(S[C@@H](C)C(=O)NC(N)=O)nc2sc(-c3ccccc3)cc2c1=O. The second kappa shape index (κ2) is 8.41. The largest absolute Gasteiger partial charge is 0.351 e. The van der Waals surface area contributed by atoms with E-state index < -0.39 is 17.2 Å². The van der Waals surface area contributed by atoms with Gasteiger partial charge in [0.15, 0.2) is 5.16 Å². The number of imide groups is 1. The Hall–Kier alpha value is -2.91. The standard InChI is InChI=1S/C19H18N4O3S2/c1-3-9-23-17(25)13-10-14(12-7-5-4-6-8-12)28-16(13)22-19(23)27-11(2)15(24)21-18(20)26/h3-8,10-11H,1,9H2,2H3,(H3,20,21,24,26)/t11-/m0/s1. The average Bonchev–Trinajstić information content (AvgIpc) is 3.09. The van der Waals surface area contributed by atoms with Crippen molar-refractivity contribution in [1.29, 1.82) is 0 Å². The van der Waals surface area contributed by atoms with Gasteiger partial charge in [0, 0.05) is 11.4 Å². The molecule has 3 N–H and O–H groups in total. The first-order valence-corrected chi connectivity index (χ1v) is 10.1. The minimum atomic E-state index is -0.921. The number of aromatic nitrogens is 2. The number of nitrogens with zero attached hydrogens (tertiary/aromatic N) is 2. The molecule has 0 radical (unpaired) electrons. The summed E-state index contributed by atoms with van der Waals surface area (Å²) in [6.45, 7) is 5.56. The van der Waals surface area contributed by atoms with E-state index in [0.717, 1.165) is 22.2 Å². The number of primary amides is 1. The maximum absolute atomic E-state index is 13.0. The summed E-state index contributed by atoms with van der Waals surface area (Å²) in [5, 5.41) is 2.27. The highest BCUT2D eigenvalue weighted by molar-refractivity contribution is 8.00. The van der Waals surface area contributed by atoms with Crippen LogP contribution in [0.2, 0.25) is 0 Å². The van der Waals surface area contributed by atoms with Gasteiger partial charge in [-0.25, -0.2) is 9.78 Å². The lowest BCUT2D eigenvalue weighted by Crippen LogP contribution is -2.39. The number of urea groups is 1. The number of thioether (sulfide) groups is 1. The minimum Gasteiger partial charge on any atom is -0.351 e. The zero-order valence-electron chi connectivity index (χ0n) is 15.0. The van der Waals surface area contributed by atoms with E-state index in [1.807, 2.05) is 41.7 Å². The number of carbonyl (C=O) groups is 2. The number of thiophene rings is 1. The summed E-state index contributed by atoms with van der Waals surface area (Å²) in [7, 11) is 0. The molecule has 144 valence electrons. The predicted octanol–water partition coefficient (Wildman–Crippen LogP) is 2.99. The Morgan fingerprint density at radius 1 is 1.39 bits per heavy atom. The Labute approximate surface area is 169 Å². The molecule has 0 spiro atoms. The maximum Gasteiger partial charge on any atom is 0.318 e. The van der Waals surface area contributed by atoms with E-state index in [4.69, 9.17) is 5.73 Å². The van der Waals surface area contributed by atoms with Crippen molar-refractivity contribution in [3.8, 4) is 10.4 Å². The first-order valence-electron chi connectivity index (χ1n) is 8.38. The highest BCUT2D eigenvalue weighted by atomic mass is 32.2. The zero-order valence-corrected chi connectivity index (χ0v) is 16.7. The molecule has 1 atom stereocenters. The van der Waals surface area contributed by atoms with E-state index >= 15 is 0 Å². The number of amides is 3. The topological polar surface area (TPSA) is 107 Å². The Morgan fingerprint density at radius 3 is 2.75 bits per heavy atom. The van der Waals surface area contributed by atoms with E-state index in [1.54, 1.807) is 13.0 Å². The van der Waals surface area contributed by atoms with Crippen LogP contribution in [0.15, 0.2) is 59.0 Å². The number of carbonyl (C=O) groups excluding carboxylic acids is 2. The predicted molar refractivity (Wildman–Crippen MR) is 113 cm³/mol. The van der Waals surface area contributed by atoms with Crippen LogP contribution in [0.1, 0.15) is 6.92 Å². The van der Waals surface area contributed by atoms with E-state index in [0.29, 0.717) is 15.4 Å². The third-order valence-corrected chi connectivity index (χ3v) is 6.05. The molecular formula is C19H18N4O3S2. The maximum atomic E-state index is 13.0. The van der Waals surface area contributed by atoms with Crippen LogP contribution in [-0.2, 0) is 11.3 Å². The molecule has 1 aromatic carbocycles. The molecule has 2 aromatic heterocycles. The Morgan fingerprint density at radius 2 is 2.11 bits per heavy atom. The third-order valence-electron chi connectivity index (χ3n) is 3.88. The molecule has 2 heterocycles. The van der Waals surface area contributed by atoms with Crippen molar-refractivity contribution in [2.45, 2.75) is 23.9 Å². The molecule has 0 aliphatic heterocycles. The number of rotatable bonds is 6. The molecule has 3 amide bonds. The molecular weight excluding hydrogens is 396 g/mol. The Balaban J connectivity index is 2.05. The van der Waals surface area contributed by atoms with Crippen LogP contribution in [-0.4, -0.2) is 26.7 Å². The smallest absolute Gasteiger partial charge is 0.318 e. The van der Waals surface area contributed by atoms with E-state index in [-0.39, 0.29) is 12.1 Å². The average molecular weight is 415 g/mol. The van der Waals surface area contributed by atoms with Gasteiger partial charge in [0.25, 0.3) is 5.56 Å². The summed E-state index contributed by atoms with van der Waals surface area (Å²) in [6, 6.07) is 10.7. The van der Waals surface area contributed by atoms with Crippen LogP contribution in [0.3, 0.4) is 0 Å². The van der Waals surface area contributed by atoms with Crippen LogP contribution in [0.4, 0.5) is 4.79 Å². The molecule has 3 aromatic rings. The van der Waals surface area contributed by atoms with Crippen molar-refractivity contribution in [3.05, 3.63) is 59.4 Å². The lowest BCUT2D eigenvalue weighted by Gasteiger charge is -2.13. The van der Waals surface area contributed by atoms with Crippen molar-refractivity contribution in [1.82, 2.24) is 14.9 Å². The summed E-state index contributed by atoms with van der Waals surface area (Å²) in [4.78, 5) is 42.0. The number of hydrogen-bond acceptors (Lipinski definition) is 6. The highest BCUT2D eigenvalue weighted by Gasteiger charge is 2.21. The molecule has 0 fully saturated rings. The highest BCUT2D eigenvalue weighted by Crippen LogP contribution is 2.32. The quantitative estimate of drug-likeness (QED) is 0.366. The second-order valence-electron chi connectivity index (χ2n) is 5.91. The molecule has 3 rings (SSSR count).